The Hall–Kier alpha value is -2.89. The number of para-hydroxylation sites is 1. The molecule has 0 atom stereocenters. The molecule has 29 heavy (non-hydrogen) atoms. The number of hydrogen-bond acceptors (Lipinski definition) is 6. The lowest BCUT2D eigenvalue weighted by atomic mass is 10.1. The van der Waals surface area contributed by atoms with Crippen LogP contribution < -0.4 is 5.32 Å². The van der Waals surface area contributed by atoms with E-state index in [1.165, 1.54) is 22.9 Å². The highest BCUT2D eigenvalue weighted by Gasteiger charge is 2.17. The molecule has 0 unspecified atom stereocenters. The molecule has 0 aliphatic rings. The standard InChI is InChI=1S/C21H21N5OS2/c1-12-7-6-8-13(2)18(12)26-14(3)9-16(15(26)4)10-17(11-22)19(27)23-20-24-21(28-5)25-29-20/h6-10H,1-5H3,(H,23,24,25,27)/b17-10-. The smallest absolute Gasteiger partial charge is 0.268 e. The van der Waals surface area contributed by atoms with Crippen LogP contribution in [0.25, 0.3) is 11.8 Å². The zero-order valence-corrected chi connectivity index (χ0v) is 18.5. The van der Waals surface area contributed by atoms with Gasteiger partial charge in [-0.05, 0) is 62.8 Å². The highest BCUT2D eigenvalue weighted by molar-refractivity contribution is 7.98. The van der Waals surface area contributed by atoms with E-state index in [9.17, 15) is 10.1 Å². The molecular formula is C21H21N5OS2. The van der Waals surface area contributed by atoms with E-state index in [1.54, 1.807) is 6.08 Å². The number of aromatic nitrogens is 3. The SMILES string of the molecule is CSc1nsc(NC(=O)/C(C#N)=C\c2cc(C)n(-c3c(C)cccc3C)c2C)n1. The highest BCUT2D eigenvalue weighted by atomic mass is 32.2. The lowest BCUT2D eigenvalue weighted by molar-refractivity contribution is -0.112. The minimum Gasteiger partial charge on any atom is -0.317 e. The molecule has 3 aromatic rings. The fourth-order valence-corrected chi connectivity index (χ4v) is 4.37. The summed E-state index contributed by atoms with van der Waals surface area (Å²) in [7, 11) is 0. The predicted octanol–water partition coefficient (Wildman–Crippen LogP) is 4.83. The monoisotopic (exact) mass is 423 g/mol. The number of aryl methyl sites for hydroxylation is 3. The van der Waals surface area contributed by atoms with E-state index < -0.39 is 5.91 Å². The number of amides is 1. The van der Waals surface area contributed by atoms with Crippen LogP contribution in [0.5, 0.6) is 0 Å². The van der Waals surface area contributed by atoms with Gasteiger partial charge in [0.2, 0.25) is 10.3 Å². The Labute approximate surface area is 178 Å². The average Bonchev–Trinajstić information content (AvgIpc) is 3.24. The molecule has 2 heterocycles. The largest absolute Gasteiger partial charge is 0.317 e. The summed E-state index contributed by atoms with van der Waals surface area (Å²) in [6.07, 6.45) is 3.48. The van der Waals surface area contributed by atoms with Crippen LogP contribution in [0, 0.1) is 39.0 Å². The van der Waals surface area contributed by atoms with E-state index >= 15 is 0 Å². The van der Waals surface area contributed by atoms with Crippen LogP contribution in [0.15, 0.2) is 35.0 Å². The van der Waals surface area contributed by atoms with Gasteiger partial charge in [-0.25, -0.2) is 0 Å². The topological polar surface area (TPSA) is 83.6 Å². The van der Waals surface area contributed by atoms with Crippen molar-refractivity contribution in [1.82, 2.24) is 13.9 Å². The Morgan fingerprint density at radius 2 is 1.97 bits per heavy atom. The maximum Gasteiger partial charge on any atom is 0.268 e. The fourth-order valence-electron chi connectivity index (χ4n) is 3.25. The quantitative estimate of drug-likeness (QED) is 0.361. The molecule has 0 fully saturated rings. The number of thioether (sulfide) groups is 1. The number of benzene rings is 1. The molecule has 0 radical (unpaired) electrons. The first-order valence-electron chi connectivity index (χ1n) is 8.92. The van der Waals surface area contributed by atoms with E-state index in [0.29, 0.717) is 10.3 Å². The fraction of sp³-hybridized carbons (Fsp3) is 0.238. The van der Waals surface area contributed by atoms with Gasteiger partial charge in [0.15, 0.2) is 0 Å². The Morgan fingerprint density at radius 1 is 1.28 bits per heavy atom. The van der Waals surface area contributed by atoms with Gasteiger partial charge in [-0.2, -0.15) is 14.6 Å². The average molecular weight is 424 g/mol. The van der Waals surface area contributed by atoms with E-state index in [1.807, 2.05) is 38.3 Å². The number of nitrogens with one attached hydrogen (secondary N) is 1. The first kappa shape index (κ1) is 20.8. The third-order valence-corrected chi connectivity index (χ3v) is 5.90. The summed E-state index contributed by atoms with van der Waals surface area (Å²) in [5, 5.41) is 13.2. The van der Waals surface area contributed by atoms with Gasteiger partial charge in [0, 0.05) is 22.9 Å². The van der Waals surface area contributed by atoms with Crippen LogP contribution in [0.1, 0.15) is 28.1 Å². The van der Waals surface area contributed by atoms with E-state index in [2.05, 4.69) is 45.2 Å². The van der Waals surface area contributed by atoms with Gasteiger partial charge >= 0.3 is 0 Å². The number of nitriles is 1. The minimum atomic E-state index is -0.492. The van der Waals surface area contributed by atoms with Crippen molar-refractivity contribution in [3.05, 3.63) is 57.9 Å². The second-order valence-corrected chi connectivity index (χ2v) is 8.14. The third kappa shape index (κ3) is 4.26. The molecule has 0 aliphatic heterocycles. The van der Waals surface area contributed by atoms with Crippen molar-refractivity contribution in [2.45, 2.75) is 32.9 Å². The number of carbonyl (C=O) groups excluding carboxylic acids is 1. The molecule has 1 N–H and O–H groups in total. The molecule has 6 nitrogen and oxygen atoms in total. The summed E-state index contributed by atoms with van der Waals surface area (Å²) >= 11 is 2.49. The normalized spacial score (nSPS) is 11.4. The first-order chi connectivity index (χ1) is 13.8. The molecule has 8 heteroatoms. The van der Waals surface area contributed by atoms with Crippen molar-refractivity contribution in [3.8, 4) is 11.8 Å². The molecule has 0 saturated carbocycles. The number of anilines is 1. The van der Waals surface area contributed by atoms with E-state index in [0.717, 1.165) is 34.2 Å². The van der Waals surface area contributed by atoms with Crippen LogP contribution in [-0.2, 0) is 4.79 Å². The van der Waals surface area contributed by atoms with Crippen molar-refractivity contribution in [2.75, 3.05) is 11.6 Å². The summed E-state index contributed by atoms with van der Waals surface area (Å²) in [5.41, 5.74) is 6.33. The zero-order valence-electron chi connectivity index (χ0n) is 16.9. The lowest BCUT2D eigenvalue weighted by Gasteiger charge is -2.15. The number of nitrogens with zero attached hydrogens (tertiary/aromatic N) is 4. The van der Waals surface area contributed by atoms with Gasteiger partial charge in [-0.15, -0.1) is 0 Å². The maximum absolute atomic E-state index is 12.6. The van der Waals surface area contributed by atoms with Crippen LogP contribution >= 0.6 is 23.3 Å². The molecule has 148 valence electrons. The molecule has 2 aromatic heterocycles. The number of rotatable bonds is 5. The zero-order chi connectivity index (χ0) is 21.1. The minimum absolute atomic E-state index is 0.0210. The van der Waals surface area contributed by atoms with Gasteiger partial charge < -0.3 is 4.57 Å². The second-order valence-electron chi connectivity index (χ2n) is 6.61. The summed E-state index contributed by atoms with van der Waals surface area (Å²) in [6.45, 7) is 8.17. The van der Waals surface area contributed by atoms with Crippen molar-refractivity contribution >= 4 is 40.4 Å². The van der Waals surface area contributed by atoms with Gasteiger partial charge in [0.05, 0.1) is 5.69 Å². The van der Waals surface area contributed by atoms with Gasteiger partial charge in [-0.3, -0.25) is 10.1 Å². The number of carbonyl (C=O) groups is 1. The molecule has 0 spiro atoms. The Balaban J connectivity index is 1.96. The number of hydrogen-bond donors (Lipinski definition) is 1. The second kappa shape index (κ2) is 8.64. The predicted molar refractivity (Wildman–Crippen MR) is 119 cm³/mol. The van der Waals surface area contributed by atoms with Crippen LogP contribution in [0.2, 0.25) is 0 Å². The maximum atomic E-state index is 12.6. The van der Waals surface area contributed by atoms with Crippen molar-refractivity contribution in [1.29, 1.82) is 5.26 Å². The molecule has 1 amide bonds. The molecular weight excluding hydrogens is 402 g/mol. The Bertz CT molecular complexity index is 1130. The summed E-state index contributed by atoms with van der Waals surface area (Å²) in [4.78, 5) is 16.7. The van der Waals surface area contributed by atoms with E-state index in [4.69, 9.17) is 0 Å². The van der Waals surface area contributed by atoms with Gasteiger partial charge in [0.25, 0.3) is 5.91 Å². The molecule has 3 rings (SSSR count). The molecule has 0 saturated heterocycles. The Kier molecular flexibility index (Phi) is 6.20. The molecule has 0 aliphatic carbocycles. The summed E-state index contributed by atoms with van der Waals surface area (Å²) in [5.74, 6) is -0.492. The van der Waals surface area contributed by atoms with E-state index in [-0.39, 0.29) is 5.57 Å². The van der Waals surface area contributed by atoms with Crippen molar-refractivity contribution in [3.63, 3.8) is 0 Å². The first-order valence-corrected chi connectivity index (χ1v) is 10.9. The summed E-state index contributed by atoms with van der Waals surface area (Å²) < 4.78 is 6.27. The Morgan fingerprint density at radius 3 is 2.55 bits per heavy atom. The van der Waals surface area contributed by atoms with Gasteiger partial charge in [0.1, 0.15) is 11.6 Å². The van der Waals surface area contributed by atoms with Crippen molar-refractivity contribution < 1.29 is 4.79 Å². The van der Waals surface area contributed by atoms with Crippen molar-refractivity contribution in [2.24, 2.45) is 0 Å². The summed E-state index contributed by atoms with van der Waals surface area (Å²) in [6, 6.07) is 10.2. The lowest BCUT2D eigenvalue weighted by Crippen LogP contribution is -2.13. The van der Waals surface area contributed by atoms with Crippen LogP contribution in [0.3, 0.4) is 0 Å². The van der Waals surface area contributed by atoms with Crippen LogP contribution in [0.4, 0.5) is 5.13 Å². The third-order valence-electron chi connectivity index (χ3n) is 4.61. The highest BCUT2D eigenvalue weighted by Crippen LogP contribution is 2.27. The molecule has 1 aromatic carbocycles. The molecule has 0 bridgehead atoms. The van der Waals surface area contributed by atoms with Crippen LogP contribution in [-0.4, -0.2) is 26.1 Å². The van der Waals surface area contributed by atoms with Gasteiger partial charge in [-0.1, -0.05) is 30.0 Å².